The van der Waals surface area contributed by atoms with Gasteiger partial charge in [0.1, 0.15) is 0 Å². The Morgan fingerprint density at radius 3 is 1.04 bits per heavy atom. The first-order valence-electron chi connectivity index (χ1n) is 8.80. The molecule has 2 rings (SSSR count). The molecule has 0 saturated carbocycles. The Labute approximate surface area is 155 Å². The summed E-state index contributed by atoms with van der Waals surface area (Å²) < 4.78 is 0. The minimum Gasteiger partial charge on any atom is -0.504 e. The van der Waals surface area contributed by atoms with Gasteiger partial charge >= 0.3 is 0 Å². The molecule has 0 aliphatic rings. The highest BCUT2D eigenvalue weighted by Gasteiger charge is 2.29. The van der Waals surface area contributed by atoms with Gasteiger partial charge in [-0.05, 0) is 35.8 Å². The lowest BCUT2D eigenvalue weighted by molar-refractivity contribution is 0.385. The fraction of sp³-hybridized carbons (Fsp3) is 0.455. The van der Waals surface area contributed by atoms with Crippen molar-refractivity contribution in [3.05, 3.63) is 34.4 Å². The van der Waals surface area contributed by atoms with Gasteiger partial charge in [-0.15, -0.1) is 0 Å². The molecule has 4 heteroatoms. The lowest BCUT2D eigenvalue weighted by Crippen LogP contribution is -2.13. The van der Waals surface area contributed by atoms with Crippen LogP contribution < -0.4 is 0 Å². The quantitative estimate of drug-likeness (QED) is 0.515. The Kier molecular flexibility index (Phi) is 4.69. The highest BCUT2D eigenvalue weighted by Crippen LogP contribution is 2.51. The lowest BCUT2D eigenvalue weighted by atomic mass is 9.80. The normalized spacial score (nSPS) is 12.5. The molecule has 142 valence electrons. The van der Waals surface area contributed by atoms with Crippen LogP contribution in [-0.2, 0) is 10.8 Å². The Morgan fingerprint density at radius 2 is 0.808 bits per heavy atom. The van der Waals surface area contributed by atoms with Crippen molar-refractivity contribution in [2.24, 2.45) is 0 Å². The number of rotatable bonds is 1. The monoisotopic (exact) mass is 358 g/mol. The molecule has 0 radical (unpaired) electrons. The molecule has 4 N–H and O–H groups in total. The molecule has 0 unspecified atom stereocenters. The van der Waals surface area contributed by atoms with Crippen molar-refractivity contribution >= 4 is 0 Å². The molecule has 0 aromatic heterocycles. The number of benzene rings is 2. The standard InChI is InChI=1S/C22H30O4/c1-11-9-13(21(3,4)5)17(23)19(25)15(11)16-12(2)10-14(22(6,7)8)18(24)20(16)26/h9-10,23-26H,1-8H3. The van der Waals surface area contributed by atoms with E-state index < -0.39 is 0 Å². The van der Waals surface area contributed by atoms with Crippen molar-refractivity contribution in [1.29, 1.82) is 0 Å². The zero-order chi connectivity index (χ0) is 20.2. The molecule has 0 atom stereocenters. The van der Waals surface area contributed by atoms with Crippen molar-refractivity contribution in [1.82, 2.24) is 0 Å². The Balaban J connectivity index is 2.87. The largest absolute Gasteiger partial charge is 0.504 e. The Hall–Kier alpha value is -2.36. The predicted octanol–water partition coefficient (Wildman–Crippen LogP) is 5.39. The maximum atomic E-state index is 10.7. The Bertz CT molecular complexity index is 792. The van der Waals surface area contributed by atoms with Gasteiger partial charge in [0.15, 0.2) is 23.0 Å². The number of phenolic OH excluding ortho intramolecular Hbond substituents is 4. The van der Waals surface area contributed by atoms with E-state index >= 15 is 0 Å². The molecule has 0 bridgehead atoms. The third-order valence-electron chi connectivity index (χ3n) is 4.81. The van der Waals surface area contributed by atoms with Gasteiger partial charge in [0.2, 0.25) is 0 Å². The summed E-state index contributed by atoms with van der Waals surface area (Å²) in [6.07, 6.45) is 0. The molecular weight excluding hydrogens is 328 g/mol. The second-order valence-electron chi connectivity index (χ2n) is 9.13. The summed E-state index contributed by atoms with van der Waals surface area (Å²) in [6, 6.07) is 3.63. The minimum atomic E-state index is -0.347. The second kappa shape index (κ2) is 6.11. The molecule has 0 aliphatic carbocycles. The summed E-state index contributed by atoms with van der Waals surface area (Å²) >= 11 is 0. The minimum absolute atomic E-state index is 0.198. The second-order valence-corrected chi connectivity index (χ2v) is 9.13. The van der Waals surface area contributed by atoms with E-state index in [0.717, 1.165) is 0 Å². The van der Waals surface area contributed by atoms with Gasteiger partial charge < -0.3 is 20.4 Å². The van der Waals surface area contributed by atoms with E-state index in [2.05, 4.69) is 0 Å². The molecule has 26 heavy (non-hydrogen) atoms. The van der Waals surface area contributed by atoms with Gasteiger partial charge in [0, 0.05) is 22.3 Å². The van der Waals surface area contributed by atoms with E-state index in [0.29, 0.717) is 33.4 Å². The summed E-state index contributed by atoms with van der Waals surface area (Å²) in [6.45, 7) is 15.3. The first kappa shape index (κ1) is 20.0. The van der Waals surface area contributed by atoms with Crippen LogP contribution in [0.3, 0.4) is 0 Å². The van der Waals surface area contributed by atoms with Crippen LogP contribution in [0.2, 0.25) is 0 Å². The SMILES string of the molecule is Cc1cc(C(C)(C)C)c(O)c(O)c1-c1c(C)cc(C(C)(C)C)c(O)c1O. The van der Waals surface area contributed by atoms with Gasteiger partial charge in [-0.1, -0.05) is 53.7 Å². The molecule has 0 aliphatic heterocycles. The summed E-state index contributed by atoms with van der Waals surface area (Å²) in [5.74, 6) is -0.958. The van der Waals surface area contributed by atoms with E-state index in [1.165, 1.54) is 0 Å². The molecule has 0 spiro atoms. The third kappa shape index (κ3) is 3.20. The van der Waals surface area contributed by atoms with E-state index in [4.69, 9.17) is 0 Å². The number of hydrogen-bond acceptors (Lipinski definition) is 4. The summed E-state index contributed by atoms with van der Waals surface area (Å²) in [4.78, 5) is 0. The fourth-order valence-electron chi connectivity index (χ4n) is 3.35. The number of aromatic hydroxyl groups is 4. The molecule has 0 saturated heterocycles. The van der Waals surface area contributed by atoms with Gasteiger partial charge in [-0.3, -0.25) is 0 Å². The van der Waals surface area contributed by atoms with Crippen LogP contribution in [0.5, 0.6) is 23.0 Å². The summed E-state index contributed by atoms with van der Waals surface area (Å²) in [5.41, 5.74) is 2.66. The Morgan fingerprint density at radius 1 is 0.538 bits per heavy atom. The van der Waals surface area contributed by atoms with Crippen molar-refractivity contribution < 1.29 is 20.4 Å². The highest BCUT2D eigenvalue weighted by atomic mass is 16.3. The van der Waals surface area contributed by atoms with Gasteiger partial charge in [-0.2, -0.15) is 0 Å². The summed E-state index contributed by atoms with van der Waals surface area (Å²) in [5, 5.41) is 42.5. The van der Waals surface area contributed by atoms with Crippen LogP contribution in [0.4, 0.5) is 0 Å². The molecule has 0 fully saturated rings. The third-order valence-corrected chi connectivity index (χ3v) is 4.81. The predicted molar refractivity (Wildman–Crippen MR) is 105 cm³/mol. The molecule has 0 amide bonds. The molecule has 2 aromatic carbocycles. The van der Waals surface area contributed by atoms with Gasteiger partial charge in [0.05, 0.1) is 0 Å². The van der Waals surface area contributed by atoms with Gasteiger partial charge in [-0.25, -0.2) is 0 Å². The van der Waals surface area contributed by atoms with E-state index in [-0.39, 0.29) is 33.8 Å². The average Bonchev–Trinajstić information content (AvgIpc) is 2.47. The molecule has 4 nitrogen and oxygen atoms in total. The smallest absolute Gasteiger partial charge is 0.166 e. The number of hydrogen-bond donors (Lipinski definition) is 4. The zero-order valence-corrected chi connectivity index (χ0v) is 16.9. The van der Waals surface area contributed by atoms with Crippen molar-refractivity contribution in [2.75, 3.05) is 0 Å². The van der Waals surface area contributed by atoms with Crippen LogP contribution in [0.15, 0.2) is 12.1 Å². The molecular formula is C22H30O4. The topological polar surface area (TPSA) is 80.9 Å². The van der Waals surface area contributed by atoms with Crippen LogP contribution in [0.25, 0.3) is 11.1 Å². The number of phenols is 4. The van der Waals surface area contributed by atoms with Crippen molar-refractivity contribution in [3.63, 3.8) is 0 Å². The van der Waals surface area contributed by atoms with Crippen LogP contribution in [0, 0.1) is 13.8 Å². The zero-order valence-electron chi connectivity index (χ0n) is 16.9. The maximum absolute atomic E-state index is 10.7. The van der Waals surface area contributed by atoms with Gasteiger partial charge in [0.25, 0.3) is 0 Å². The van der Waals surface area contributed by atoms with Crippen molar-refractivity contribution in [3.8, 4) is 34.1 Å². The highest BCUT2D eigenvalue weighted by molar-refractivity contribution is 5.86. The van der Waals surface area contributed by atoms with Crippen LogP contribution in [0.1, 0.15) is 63.8 Å². The van der Waals surface area contributed by atoms with Crippen molar-refractivity contribution in [2.45, 2.75) is 66.2 Å². The first-order chi connectivity index (χ1) is 11.7. The van der Waals surface area contributed by atoms with E-state index in [1.54, 1.807) is 0 Å². The lowest BCUT2D eigenvalue weighted by Gasteiger charge is -2.26. The summed E-state index contributed by atoms with van der Waals surface area (Å²) in [7, 11) is 0. The van der Waals surface area contributed by atoms with Crippen LogP contribution >= 0.6 is 0 Å². The van der Waals surface area contributed by atoms with E-state index in [9.17, 15) is 20.4 Å². The van der Waals surface area contributed by atoms with Crippen LogP contribution in [-0.4, -0.2) is 20.4 Å². The molecule has 0 heterocycles. The number of aryl methyl sites for hydroxylation is 2. The molecule has 2 aromatic rings. The fourth-order valence-corrected chi connectivity index (χ4v) is 3.35. The maximum Gasteiger partial charge on any atom is 0.166 e. The van der Waals surface area contributed by atoms with E-state index in [1.807, 2.05) is 67.5 Å². The first-order valence-corrected chi connectivity index (χ1v) is 8.80. The average molecular weight is 358 g/mol.